The van der Waals surface area contributed by atoms with Crippen molar-refractivity contribution in [2.24, 2.45) is 0 Å². The van der Waals surface area contributed by atoms with Crippen LogP contribution in [0.1, 0.15) is 27.9 Å². The van der Waals surface area contributed by atoms with Crippen molar-refractivity contribution >= 4 is 17.3 Å². The SMILES string of the molecule is CCOC(=O)c1ccnn1Cc1ccc(-c2noc(-c3cc(-c4ccccc4)c(C(F)(F)F)s3)n2)cc1. The minimum atomic E-state index is -4.52. The Kier molecular flexibility index (Phi) is 6.62. The molecule has 0 atom stereocenters. The molecule has 3 aromatic heterocycles. The first-order valence-electron chi connectivity index (χ1n) is 11.2. The van der Waals surface area contributed by atoms with Crippen molar-refractivity contribution in [2.45, 2.75) is 19.6 Å². The first kappa shape index (κ1) is 24.4. The number of rotatable bonds is 7. The molecule has 3 heterocycles. The maximum atomic E-state index is 13.7. The third-order valence-corrected chi connectivity index (χ3v) is 6.62. The lowest BCUT2D eigenvalue weighted by atomic mass is 10.1. The minimum absolute atomic E-state index is 0.00683. The molecule has 0 spiro atoms. The molecule has 0 bridgehead atoms. The fourth-order valence-electron chi connectivity index (χ4n) is 3.75. The smallest absolute Gasteiger partial charge is 0.426 e. The van der Waals surface area contributed by atoms with Crippen molar-refractivity contribution < 1.29 is 27.2 Å². The molecule has 0 aliphatic heterocycles. The first-order valence-corrected chi connectivity index (χ1v) is 12.0. The third kappa shape index (κ3) is 5.17. The van der Waals surface area contributed by atoms with Gasteiger partial charge in [-0.15, -0.1) is 11.3 Å². The molecule has 5 aromatic rings. The van der Waals surface area contributed by atoms with Crippen molar-refractivity contribution in [1.29, 1.82) is 0 Å². The third-order valence-electron chi connectivity index (χ3n) is 5.46. The van der Waals surface area contributed by atoms with Crippen LogP contribution in [0.5, 0.6) is 0 Å². The Bertz CT molecular complexity index is 1520. The number of aromatic nitrogens is 4. The molecule has 0 unspecified atom stereocenters. The number of benzene rings is 2. The summed E-state index contributed by atoms with van der Waals surface area (Å²) in [6.07, 6.45) is -2.99. The van der Waals surface area contributed by atoms with E-state index in [-0.39, 0.29) is 28.8 Å². The highest BCUT2D eigenvalue weighted by Gasteiger charge is 2.37. The highest BCUT2D eigenvalue weighted by atomic mass is 32.1. The number of nitrogens with zero attached hydrogens (tertiary/aromatic N) is 4. The molecular formula is C26H19F3N4O3S. The summed E-state index contributed by atoms with van der Waals surface area (Å²) in [5, 5.41) is 8.14. The summed E-state index contributed by atoms with van der Waals surface area (Å²) in [6.45, 7) is 2.34. The Morgan fingerprint density at radius 1 is 1.05 bits per heavy atom. The van der Waals surface area contributed by atoms with Gasteiger partial charge in [0.2, 0.25) is 5.82 Å². The quantitative estimate of drug-likeness (QED) is 0.224. The molecule has 7 nitrogen and oxygen atoms in total. The number of carbonyl (C=O) groups excluding carboxylic acids is 1. The van der Waals surface area contributed by atoms with E-state index in [1.54, 1.807) is 60.1 Å². The molecular weight excluding hydrogens is 505 g/mol. The van der Waals surface area contributed by atoms with Crippen molar-refractivity contribution in [1.82, 2.24) is 19.9 Å². The number of carbonyl (C=O) groups is 1. The summed E-state index contributed by atoms with van der Waals surface area (Å²) in [5.41, 5.74) is 2.36. The largest absolute Gasteiger partial charge is 0.461 e. The predicted molar refractivity (Wildman–Crippen MR) is 131 cm³/mol. The minimum Gasteiger partial charge on any atom is -0.461 e. The normalized spacial score (nSPS) is 11.6. The number of halogens is 3. The molecule has 11 heteroatoms. The number of alkyl halides is 3. The van der Waals surface area contributed by atoms with Gasteiger partial charge in [-0.25, -0.2) is 4.79 Å². The van der Waals surface area contributed by atoms with Crippen LogP contribution < -0.4 is 0 Å². The standard InChI is InChI=1S/C26H19F3N4O3S/c1-2-35-25(34)20-12-13-30-33(20)15-16-8-10-18(11-9-16)23-31-24(36-32-23)21-14-19(17-6-4-3-5-7-17)22(37-21)26(27,28)29/h3-14H,2,15H2,1H3. The summed E-state index contributed by atoms with van der Waals surface area (Å²) < 4.78 is 53.1. The van der Waals surface area contributed by atoms with Crippen LogP contribution in [0.2, 0.25) is 0 Å². The van der Waals surface area contributed by atoms with Crippen LogP contribution in [0.3, 0.4) is 0 Å². The van der Waals surface area contributed by atoms with E-state index in [2.05, 4.69) is 15.2 Å². The van der Waals surface area contributed by atoms with Crippen molar-refractivity contribution in [3.8, 4) is 33.3 Å². The average Bonchev–Trinajstić information content (AvgIpc) is 3.64. The second-order valence-electron chi connectivity index (χ2n) is 7.93. The van der Waals surface area contributed by atoms with Gasteiger partial charge in [0, 0.05) is 17.3 Å². The van der Waals surface area contributed by atoms with Crippen molar-refractivity contribution in [3.63, 3.8) is 0 Å². The first-order chi connectivity index (χ1) is 17.8. The Hall–Kier alpha value is -4.25. The topological polar surface area (TPSA) is 83.0 Å². The van der Waals surface area contributed by atoms with Crippen LogP contribution in [0.4, 0.5) is 13.2 Å². The van der Waals surface area contributed by atoms with E-state index in [4.69, 9.17) is 9.26 Å². The fourth-order valence-corrected chi connectivity index (χ4v) is 4.72. The number of thiophene rings is 1. The molecule has 0 saturated carbocycles. The van der Waals surface area contributed by atoms with Gasteiger partial charge in [0.25, 0.3) is 5.89 Å². The molecule has 0 radical (unpaired) electrons. The highest BCUT2D eigenvalue weighted by Crippen LogP contribution is 2.45. The van der Waals surface area contributed by atoms with Gasteiger partial charge >= 0.3 is 12.1 Å². The molecule has 0 saturated heterocycles. The van der Waals surface area contributed by atoms with Crippen LogP contribution in [0.25, 0.3) is 33.3 Å². The number of ether oxygens (including phenoxy) is 1. The lowest BCUT2D eigenvalue weighted by Crippen LogP contribution is -2.14. The van der Waals surface area contributed by atoms with E-state index in [9.17, 15) is 18.0 Å². The highest BCUT2D eigenvalue weighted by molar-refractivity contribution is 7.16. The Balaban J connectivity index is 1.38. The zero-order valence-corrected chi connectivity index (χ0v) is 20.2. The monoisotopic (exact) mass is 524 g/mol. The average molecular weight is 525 g/mol. The molecule has 0 aliphatic carbocycles. The van der Waals surface area contributed by atoms with Gasteiger partial charge in [-0.05, 0) is 30.2 Å². The van der Waals surface area contributed by atoms with E-state index >= 15 is 0 Å². The Morgan fingerprint density at radius 2 is 1.81 bits per heavy atom. The van der Waals surface area contributed by atoms with Crippen LogP contribution >= 0.6 is 11.3 Å². The van der Waals surface area contributed by atoms with Crippen LogP contribution in [0.15, 0.2) is 77.4 Å². The van der Waals surface area contributed by atoms with Crippen LogP contribution in [-0.4, -0.2) is 32.5 Å². The van der Waals surface area contributed by atoms with E-state index < -0.39 is 17.0 Å². The predicted octanol–water partition coefficient (Wildman–Crippen LogP) is 6.57. The lowest BCUT2D eigenvalue weighted by molar-refractivity contribution is -0.133. The molecule has 5 rings (SSSR count). The van der Waals surface area contributed by atoms with Gasteiger partial charge in [0.1, 0.15) is 10.6 Å². The second kappa shape index (κ2) is 10.0. The second-order valence-corrected chi connectivity index (χ2v) is 8.98. The summed E-state index contributed by atoms with van der Waals surface area (Å²) in [6, 6.07) is 18.6. The summed E-state index contributed by atoms with van der Waals surface area (Å²) >= 11 is 0.566. The van der Waals surface area contributed by atoms with Crippen molar-refractivity contribution in [3.05, 3.63) is 89.1 Å². The molecule has 188 valence electrons. The maximum absolute atomic E-state index is 13.7. The lowest BCUT2D eigenvalue weighted by Gasteiger charge is -2.07. The molecule has 0 amide bonds. The van der Waals surface area contributed by atoms with Gasteiger partial charge in [0.15, 0.2) is 0 Å². The molecule has 2 aromatic carbocycles. The van der Waals surface area contributed by atoms with Gasteiger partial charge in [-0.2, -0.15) is 23.3 Å². The zero-order chi connectivity index (χ0) is 26.0. The Labute approximate surface area is 213 Å². The molecule has 0 N–H and O–H groups in total. The summed E-state index contributed by atoms with van der Waals surface area (Å²) in [4.78, 5) is 15.9. The molecule has 0 aliphatic rings. The number of hydrogen-bond acceptors (Lipinski definition) is 7. The van der Waals surface area contributed by atoms with Gasteiger partial charge in [0.05, 0.1) is 18.0 Å². The molecule has 0 fully saturated rings. The van der Waals surface area contributed by atoms with E-state index in [1.807, 2.05) is 12.1 Å². The summed E-state index contributed by atoms with van der Waals surface area (Å²) in [5.74, 6) is -0.197. The zero-order valence-electron chi connectivity index (χ0n) is 19.4. The van der Waals surface area contributed by atoms with E-state index in [1.165, 1.54) is 12.3 Å². The number of hydrogen-bond donors (Lipinski definition) is 0. The van der Waals surface area contributed by atoms with E-state index in [0.717, 1.165) is 5.56 Å². The summed E-state index contributed by atoms with van der Waals surface area (Å²) in [7, 11) is 0. The van der Waals surface area contributed by atoms with Crippen molar-refractivity contribution in [2.75, 3.05) is 6.61 Å². The fraction of sp³-hybridized carbons (Fsp3) is 0.154. The Morgan fingerprint density at radius 3 is 2.51 bits per heavy atom. The van der Waals surface area contributed by atoms with Gasteiger partial charge in [-0.3, -0.25) is 4.68 Å². The number of esters is 1. The van der Waals surface area contributed by atoms with E-state index in [0.29, 0.717) is 34.7 Å². The maximum Gasteiger partial charge on any atom is 0.426 e. The van der Waals surface area contributed by atoms with Crippen LogP contribution in [0, 0.1) is 0 Å². The molecule has 37 heavy (non-hydrogen) atoms. The van der Waals surface area contributed by atoms with Gasteiger partial charge < -0.3 is 9.26 Å². The van der Waals surface area contributed by atoms with Crippen LogP contribution in [-0.2, 0) is 17.5 Å². The van der Waals surface area contributed by atoms with Gasteiger partial charge in [-0.1, -0.05) is 59.8 Å².